The first-order valence-corrected chi connectivity index (χ1v) is 13.9. The van der Waals surface area contributed by atoms with Gasteiger partial charge >= 0.3 is 0 Å². The van der Waals surface area contributed by atoms with Gasteiger partial charge in [-0.25, -0.2) is 0 Å². The van der Waals surface area contributed by atoms with Gasteiger partial charge in [-0.15, -0.1) is 0 Å². The lowest BCUT2D eigenvalue weighted by atomic mass is 10.1. The Morgan fingerprint density at radius 1 is 1.03 bits per heavy atom. The summed E-state index contributed by atoms with van der Waals surface area (Å²) in [6.45, 7) is 5.22. The molecule has 0 aromatic heterocycles. The van der Waals surface area contributed by atoms with Crippen LogP contribution in [0.1, 0.15) is 34.1 Å². The van der Waals surface area contributed by atoms with Gasteiger partial charge in [0.2, 0.25) is 0 Å². The Labute approximate surface area is 241 Å². The molecule has 2 amide bonds. The predicted molar refractivity (Wildman–Crippen MR) is 160 cm³/mol. The van der Waals surface area contributed by atoms with E-state index in [1.165, 1.54) is 0 Å². The van der Waals surface area contributed by atoms with Gasteiger partial charge in [-0.05, 0) is 89.2 Å². The van der Waals surface area contributed by atoms with E-state index >= 15 is 0 Å². The maximum atomic E-state index is 13.0. The number of halogens is 2. The fourth-order valence-electron chi connectivity index (χ4n) is 4.07. The van der Waals surface area contributed by atoms with Crippen LogP contribution in [0.5, 0.6) is 5.75 Å². The van der Waals surface area contributed by atoms with Crippen LogP contribution in [-0.2, 0) is 0 Å². The highest BCUT2D eigenvalue weighted by molar-refractivity contribution is 9.10. The third-order valence-electron chi connectivity index (χ3n) is 6.03. The normalized spacial score (nSPS) is 13.1. The number of carbonyl (C=O) groups is 2. The van der Waals surface area contributed by atoms with Gasteiger partial charge in [-0.2, -0.15) is 0 Å². The molecule has 0 spiro atoms. The third-order valence-corrected chi connectivity index (χ3v) is 7.23. The minimum absolute atomic E-state index is 0.00966. The van der Waals surface area contributed by atoms with Crippen LogP contribution in [0.3, 0.4) is 0 Å². The Balaban J connectivity index is 1.30. The molecule has 2 N–H and O–H groups in total. The first-order chi connectivity index (χ1) is 18.4. The van der Waals surface area contributed by atoms with Crippen molar-refractivity contribution in [2.45, 2.75) is 13.3 Å². The number of rotatable bonds is 7. The Bertz CT molecular complexity index is 1310. The predicted octanol–water partition coefficient (Wildman–Crippen LogP) is 5.98. The molecule has 0 bridgehead atoms. The van der Waals surface area contributed by atoms with Crippen molar-refractivity contribution in [3.05, 3.63) is 87.4 Å². The average Bonchev–Trinajstić information content (AvgIpc) is 2.92. The number of anilines is 2. The van der Waals surface area contributed by atoms with Gasteiger partial charge in [-0.3, -0.25) is 14.9 Å². The second kappa shape index (κ2) is 13.1. The van der Waals surface area contributed by atoms with Crippen LogP contribution in [0, 0.1) is 0 Å². The van der Waals surface area contributed by atoms with E-state index in [-0.39, 0.29) is 16.9 Å². The number of carbonyl (C=O) groups excluding carboxylic acids is 2. The lowest BCUT2D eigenvalue weighted by Gasteiger charge is -2.36. The summed E-state index contributed by atoms with van der Waals surface area (Å²) in [5.41, 5.74) is 2.68. The average molecular weight is 616 g/mol. The lowest BCUT2D eigenvalue weighted by molar-refractivity contribution is 0.0746. The number of thiocarbonyl (C=S) groups is 1. The number of benzene rings is 3. The van der Waals surface area contributed by atoms with Crippen molar-refractivity contribution in [1.29, 1.82) is 0 Å². The van der Waals surface area contributed by atoms with Gasteiger partial charge in [0, 0.05) is 41.9 Å². The molecule has 1 fully saturated rings. The van der Waals surface area contributed by atoms with E-state index in [0.29, 0.717) is 59.1 Å². The van der Waals surface area contributed by atoms with Crippen LogP contribution in [0.4, 0.5) is 11.4 Å². The molecule has 10 heteroatoms. The van der Waals surface area contributed by atoms with Crippen LogP contribution in [-0.4, -0.2) is 54.6 Å². The number of hydrogen-bond acceptors (Lipinski definition) is 5. The van der Waals surface area contributed by atoms with Crippen molar-refractivity contribution < 1.29 is 14.3 Å². The number of nitrogens with zero attached hydrogens (tertiary/aromatic N) is 2. The molecule has 38 heavy (non-hydrogen) atoms. The summed E-state index contributed by atoms with van der Waals surface area (Å²) in [6.07, 6.45) is 0.937. The molecule has 1 aliphatic rings. The maximum Gasteiger partial charge on any atom is 0.258 e. The summed E-state index contributed by atoms with van der Waals surface area (Å²) >= 11 is 15.3. The Hall–Kier alpha value is -3.14. The van der Waals surface area contributed by atoms with Crippen molar-refractivity contribution in [2.75, 3.05) is 43.0 Å². The first-order valence-electron chi connectivity index (χ1n) is 12.3. The summed E-state index contributed by atoms with van der Waals surface area (Å²) < 4.78 is 6.29. The third kappa shape index (κ3) is 7.03. The minimum Gasteiger partial charge on any atom is -0.494 e. The quantitative estimate of drug-likeness (QED) is 0.319. The van der Waals surface area contributed by atoms with Crippen molar-refractivity contribution in [1.82, 2.24) is 10.2 Å². The van der Waals surface area contributed by atoms with Crippen LogP contribution in [0.15, 0.2) is 71.2 Å². The van der Waals surface area contributed by atoms with Gasteiger partial charge < -0.3 is 19.9 Å². The standard InChI is InChI=1S/C28H28BrClN4O3S/c1-2-17-37-21-10-7-19(8-11-21)27(36)34-15-13-33(14-16-34)25-12-9-20(18-24(25)30)31-28(38)32-26(35)22-5-3-4-6-23(22)29/h3-12,18H,2,13-17H2,1H3,(H2,31,32,35,38). The second-order valence-electron chi connectivity index (χ2n) is 8.71. The van der Waals surface area contributed by atoms with E-state index in [4.69, 9.17) is 28.6 Å². The second-order valence-corrected chi connectivity index (χ2v) is 10.4. The van der Waals surface area contributed by atoms with Crippen molar-refractivity contribution in [3.63, 3.8) is 0 Å². The number of piperazine rings is 1. The molecule has 7 nitrogen and oxygen atoms in total. The van der Waals surface area contributed by atoms with Crippen molar-refractivity contribution >= 4 is 68.1 Å². The monoisotopic (exact) mass is 614 g/mol. The lowest BCUT2D eigenvalue weighted by Crippen LogP contribution is -2.48. The first kappa shape index (κ1) is 27.9. The van der Waals surface area contributed by atoms with Gasteiger partial charge in [0.25, 0.3) is 11.8 Å². The SMILES string of the molecule is CCCOc1ccc(C(=O)N2CCN(c3ccc(NC(=S)NC(=O)c4ccccc4Br)cc3Cl)CC2)cc1. The molecule has 3 aromatic carbocycles. The number of nitrogens with one attached hydrogen (secondary N) is 2. The molecule has 1 heterocycles. The zero-order chi connectivity index (χ0) is 27.1. The molecule has 3 aromatic rings. The molecule has 0 atom stereocenters. The number of ether oxygens (including phenoxy) is 1. The zero-order valence-electron chi connectivity index (χ0n) is 20.9. The smallest absolute Gasteiger partial charge is 0.258 e. The van der Waals surface area contributed by atoms with Crippen LogP contribution < -0.4 is 20.3 Å². The summed E-state index contributed by atoms with van der Waals surface area (Å²) in [5, 5.41) is 6.41. The molecular weight excluding hydrogens is 588 g/mol. The molecular formula is C28H28BrClN4O3S. The molecule has 0 saturated carbocycles. The zero-order valence-corrected chi connectivity index (χ0v) is 24.0. The van der Waals surface area contributed by atoms with E-state index in [9.17, 15) is 9.59 Å². The Morgan fingerprint density at radius 2 is 1.74 bits per heavy atom. The Morgan fingerprint density at radius 3 is 2.39 bits per heavy atom. The minimum atomic E-state index is -0.314. The topological polar surface area (TPSA) is 73.9 Å². The summed E-state index contributed by atoms with van der Waals surface area (Å²) in [6, 6.07) is 20.0. The maximum absolute atomic E-state index is 13.0. The summed E-state index contributed by atoms with van der Waals surface area (Å²) in [5.74, 6) is 0.467. The van der Waals surface area contributed by atoms with E-state index in [0.717, 1.165) is 17.9 Å². The van der Waals surface area contributed by atoms with E-state index in [2.05, 4.69) is 38.4 Å². The van der Waals surface area contributed by atoms with Gasteiger partial charge in [0.15, 0.2) is 5.11 Å². The fourth-order valence-corrected chi connectivity index (χ4v) is 5.04. The fraction of sp³-hybridized carbons (Fsp3) is 0.250. The van der Waals surface area contributed by atoms with Gasteiger partial charge in [0.05, 0.1) is 22.9 Å². The molecule has 0 radical (unpaired) electrons. The number of amides is 2. The highest BCUT2D eigenvalue weighted by Crippen LogP contribution is 2.30. The summed E-state index contributed by atoms with van der Waals surface area (Å²) in [7, 11) is 0. The van der Waals surface area contributed by atoms with Crippen LogP contribution in [0.25, 0.3) is 0 Å². The Kier molecular flexibility index (Phi) is 9.60. The highest BCUT2D eigenvalue weighted by atomic mass is 79.9. The molecule has 0 unspecified atom stereocenters. The molecule has 1 saturated heterocycles. The van der Waals surface area contributed by atoms with E-state index < -0.39 is 0 Å². The van der Waals surface area contributed by atoms with Gasteiger partial charge in [0.1, 0.15) is 5.75 Å². The van der Waals surface area contributed by atoms with Crippen LogP contribution in [0.2, 0.25) is 5.02 Å². The largest absolute Gasteiger partial charge is 0.494 e. The highest BCUT2D eigenvalue weighted by Gasteiger charge is 2.23. The molecule has 198 valence electrons. The van der Waals surface area contributed by atoms with Crippen LogP contribution >= 0.6 is 39.7 Å². The summed E-state index contributed by atoms with van der Waals surface area (Å²) in [4.78, 5) is 29.4. The molecule has 0 aliphatic carbocycles. The van der Waals surface area contributed by atoms with Crippen molar-refractivity contribution in [2.24, 2.45) is 0 Å². The van der Waals surface area contributed by atoms with Gasteiger partial charge in [-0.1, -0.05) is 30.7 Å². The van der Waals surface area contributed by atoms with E-state index in [1.54, 1.807) is 24.3 Å². The number of hydrogen-bond donors (Lipinski definition) is 2. The van der Waals surface area contributed by atoms with Crippen molar-refractivity contribution in [3.8, 4) is 5.75 Å². The molecule has 1 aliphatic heterocycles. The molecule has 4 rings (SSSR count). The van der Waals surface area contributed by atoms with E-state index in [1.807, 2.05) is 47.4 Å².